The molecule has 0 radical (unpaired) electrons. The molecule has 0 aliphatic heterocycles. The van der Waals surface area contributed by atoms with E-state index in [9.17, 15) is 8.42 Å². The van der Waals surface area contributed by atoms with E-state index in [1.165, 1.54) is 0 Å². The molecule has 1 aliphatic rings. The summed E-state index contributed by atoms with van der Waals surface area (Å²) in [6, 6.07) is 7.90. The Labute approximate surface area is 157 Å². The van der Waals surface area contributed by atoms with Crippen molar-refractivity contribution in [3.05, 3.63) is 60.8 Å². The summed E-state index contributed by atoms with van der Waals surface area (Å²) in [7, 11) is -3.60. The number of hydrogen-bond acceptors (Lipinski definition) is 6. The van der Waals surface area contributed by atoms with Crippen LogP contribution < -0.4 is 4.72 Å². The van der Waals surface area contributed by atoms with E-state index in [1.807, 2.05) is 31.5 Å². The SMILES string of the molecule is C[C@@H](c1nc([C@@H]2[C@H](NS(=O)(=O)c3ccccc3)C2(C)C)no1)n1ccnc1. The lowest BCUT2D eigenvalue weighted by molar-refractivity contribution is 0.341. The maximum absolute atomic E-state index is 12.6. The molecule has 3 aromatic rings. The minimum Gasteiger partial charge on any atom is -0.337 e. The Bertz CT molecular complexity index is 1030. The maximum atomic E-state index is 12.6. The molecule has 4 rings (SSSR count). The molecule has 1 N–H and O–H groups in total. The number of aromatic nitrogens is 4. The van der Waals surface area contributed by atoms with Crippen LogP contribution >= 0.6 is 0 Å². The molecule has 0 bridgehead atoms. The van der Waals surface area contributed by atoms with Gasteiger partial charge >= 0.3 is 0 Å². The average molecular weight is 387 g/mol. The normalized spacial score (nSPS) is 22.5. The summed E-state index contributed by atoms with van der Waals surface area (Å²) in [6.07, 6.45) is 5.20. The van der Waals surface area contributed by atoms with Gasteiger partial charge in [0.2, 0.25) is 15.9 Å². The van der Waals surface area contributed by atoms with E-state index in [0.29, 0.717) is 11.7 Å². The van der Waals surface area contributed by atoms with Crippen LogP contribution in [0.3, 0.4) is 0 Å². The molecule has 2 heterocycles. The molecule has 1 aromatic carbocycles. The van der Waals surface area contributed by atoms with Crippen LogP contribution in [0.1, 0.15) is 44.4 Å². The quantitative estimate of drug-likeness (QED) is 0.696. The van der Waals surface area contributed by atoms with Crippen molar-refractivity contribution in [2.45, 2.75) is 43.7 Å². The molecule has 9 heteroatoms. The number of sulfonamides is 1. The van der Waals surface area contributed by atoms with Gasteiger partial charge in [-0.15, -0.1) is 0 Å². The molecule has 0 unspecified atom stereocenters. The summed E-state index contributed by atoms with van der Waals surface area (Å²) in [5.41, 5.74) is -0.304. The van der Waals surface area contributed by atoms with Gasteiger partial charge in [0.1, 0.15) is 6.04 Å². The molecule has 1 aliphatic carbocycles. The Kier molecular flexibility index (Phi) is 4.15. The summed E-state index contributed by atoms with van der Waals surface area (Å²) in [5, 5.41) is 4.10. The van der Waals surface area contributed by atoms with Gasteiger partial charge in [0, 0.05) is 24.4 Å². The first-order chi connectivity index (χ1) is 12.8. The fourth-order valence-corrected chi connectivity index (χ4v) is 4.77. The minimum absolute atomic E-state index is 0.143. The average Bonchev–Trinajstić information content (AvgIpc) is 3.14. The van der Waals surface area contributed by atoms with Gasteiger partial charge in [-0.2, -0.15) is 4.98 Å². The summed E-state index contributed by atoms with van der Waals surface area (Å²) < 4.78 is 35.3. The van der Waals surface area contributed by atoms with Crippen LogP contribution in [0.25, 0.3) is 0 Å². The van der Waals surface area contributed by atoms with Crippen LogP contribution in [-0.4, -0.2) is 34.2 Å². The van der Waals surface area contributed by atoms with Crippen molar-refractivity contribution in [1.29, 1.82) is 0 Å². The molecule has 1 fully saturated rings. The second-order valence-corrected chi connectivity index (χ2v) is 9.10. The third kappa shape index (κ3) is 3.17. The lowest BCUT2D eigenvalue weighted by Gasteiger charge is -2.07. The molecule has 142 valence electrons. The second kappa shape index (κ2) is 6.28. The van der Waals surface area contributed by atoms with E-state index < -0.39 is 10.0 Å². The molecule has 0 amide bonds. The third-order valence-corrected chi connectivity index (χ3v) is 6.69. The number of imidazole rings is 1. The van der Waals surface area contributed by atoms with Gasteiger partial charge in [-0.1, -0.05) is 37.2 Å². The first-order valence-corrected chi connectivity index (χ1v) is 10.2. The number of nitrogens with one attached hydrogen (secondary N) is 1. The molecule has 0 saturated heterocycles. The fourth-order valence-electron chi connectivity index (χ4n) is 3.34. The van der Waals surface area contributed by atoms with E-state index in [0.717, 1.165) is 0 Å². The molecule has 3 atom stereocenters. The molecular weight excluding hydrogens is 366 g/mol. The van der Waals surface area contributed by atoms with Gasteiger partial charge in [0.25, 0.3) is 0 Å². The lowest BCUT2D eigenvalue weighted by Crippen LogP contribution is -2.29. The van der Waals surface area contributed by atoms with Crippen molar-refractivity contribution < 1.29 is 12.9 Å². The van der Waals surface area contributed by atoms with Crippen molar-refractivity contribution in [3.63, 3.8) is 0 Å². The Hall–Kier alpha value is -2.52. The van der Waals surface area contributed by atoms with Crippen LogP contribution in [-0.2, 0) is 10.0 Å². The van der Waals surface area contributed by atoms with Gasteiger partial charge < -0.3 is 9.09 Å². The first kappa shape index (κ1) is 17.9. The number of nitrogens with zero attached hydrogens (tertiary/aromatic N) is 4. The van der Waals surface area contributed by atoms with E-state index in [-0.39, 0.29) is 28.3 Å². The van der Waals surface area contributed by atoms with Crippen LogP contribution in [0.15, 0.2) is 58.5 Å². The van der Waals surface area contributed by atoms with E-state index >= 15 is 0 Å². The Balaban J connectivity index is 1.54. The topological polar surface area (TPSA) is 103 Å². The highest BCUT2D eigenvalue weighted by atomic mass is 32.2. The zero-order chi connectivity index (χ0) is 19.2. The Morgan fingerprint density at radius 2 is 2.00 bits per heavy atom. The monoisotopic (exact) mass is 387 g/mol. The van der Waals surface area contributed by atoms with Crippen LogP contribution in [0, 0.1) is 5.41 Å². The predicted octanol–water partition coefficient (Wildman–Crippen LogP) is 2.35. The zero-order valence-electron chi connectivity index (χ0n) is 15.3. The maximum Gasteiger partial charge on any atom is 0.249 e. The largest absolute Gasteiger partial charge is 0.337 e. The Morgan fingerprint density at radius 3 is 2.67 bits per heavy atom. The highest BCUT2D eigenvalue weighted by Crippen LogP contribution is 2.58. The molecule has 0 spiro atoms. The van der Waals surface area contributed by atoms with Crippen molar-refractivity contribution >= 4 is 10.0 Å². The highest BCUT2D eigenvalue weighted by molar-refractivity contribution is 7.89. The van der Waals surface area contributed by atoms with Gasteiger partial charge in [-0.05, 0) is 24.5 Å². The molecule has 1 saturated carbocycles. The van der Waals surface area contributed by atoms with Crippen LogP contribution in [0.2, 0.25) is 0 Å². The van der Waals surface area contributed by atoms with Crippen LogP contribution in [0.5, 0.6) is 0 Å². The summed E-state index contributed by atoms with van der Waals surface area (Å²) in [4.78, 5) is 8.78. The smallest absolute Gasteiger partial charge is 0.249 e. The standard InChI is InChI=1S/C18H21N5O3S/c1-12(23-10-9-19-11-23)17-20-16(21-26-17)14-15(18(14,2)3)22-27(24,25)13-7-5-4-6-8-13/h4-12,14-15,22H,1-3H3/t12-,14-,15-/m0/s1. The van der Waals surface area contributed by atoms with Crippen molar-refractivity contribution in [1.82, 2.24) is 24.4 Å². The van der Waals surface area contributed by atoms with Gasteiger partial charge in [0.15, 0.2) is 5.82 Å². The van der Waals surface area contributed by atoms with Crippen LogP contribution in [0.4, 0.5) is 0 Å². The second-order valence-electron chi connectivity index (χ2n) is 7.39. The highest BCUT2D eigenvalue weighted by Gasteiger charge is 2.62. The van der Waals surface area contributed by atoms with E-state index in [2.05, 4.69) is 19.8 Å². The van der Waals surface area contributed by atoms with Crippen molar-refractivity contribution in [2.24, 2.45) is 5.41 Å². The third-order valence-electron chi connectivity index (χ3n) is 5.23. The van der Waals surface area contributed by atoms with Gasteiger partial charge in [-0.25, -0.2) is 18.1 Å². The van der Waals surface area contributed by atoms with E-state index in [4.69, 9.17) is 4.52 Å². The first-order valence-electron chi connectivity index (χ1n) is 8.69. The number of rotatable bonds is 6. The molecule has 2 aromatic heterocycles. The molecule has 8 nitrogen and oxygen atoms in total. The van der Waals surface area contributed by atoms with Gasteiger partial charge in [-0.3, -0.25) is 0 Å². The summed E-state index contributed by atoms with van der Waals surface area (Å²) in [6.45, 7) is 5.92. The van der Waals surface area contributed by atoms with Crippen molar-refractivity contribution in [3.8, 4) is 0 Å². The number of hydrogen-bond donors (Lipinski definition) is 1. The zero-order valence-corrected chi connectivity index (χ0v) is 16.1. The van der Waals surface area contributed by atoms with Crippen molar-refractivity contribution in [2.75, 3.05) is 0 Å². The summed E-state index contributed by atoms with van der Waals surface area (Å²) in [5.74, 6) is 0.835. The predicted molar refractivity (Wildman–Crippen MR) is 97.4 cm³/mol. The fraction of sp³-hybridized carbons (Fsp3) is 0.389. The molecule has 27 heavy (non-hydrogen) atoms. The van der Waals surface area contributed by atoms with E-state index in [1.54, 1.807) is 42.9 Å². The Morgan fingerprint density at radius 1 is 1.26 bits per heavy atom. The number of benzene rings is 1. The van der Waals surface area contributed by atoms with Gasteiger partial charge in [0.05, 0.1) is 11.2 Å². The summed E-state index contributed by atoms with van der Waals surface area (Å²) >= 11 is 0. The minimum atomic E-state index is -3.60. The molecular formula is C18H21N5O3S. The lowest BCUT2D eigenvalue weighted by atomic mass is 10.1.